The van der Waals surface area contributed by atoms with Gasteiger partial charge in [-0.15, -0.1) is 0 Å². The van der Waals surface area contributed by atoms with E-state index in [-0.39, 0.29) is 11.7 Å². The second-order valence-electron chi connectivity index (χ2n) is 8.50. The molecule has 0 unspecified atom stereocenters. The van der Waals surface area contributed by atoms with Crippen molar-refractivity contribution in [3.05, 3.63) is 88.9 Å². The number of hydrogen-bond acceptors (Lipinski definition) is 4. The van der Waals surface area contributed by atoms with Gasteiger partial charge in [0.2, 0.25) is 0 Å². The molecular formula is C26H26FN5O. The minimum absolute atomic E-state index is 0.0819. The molecule has 3 aromatic rings. The van der Waals surface area contributed by atoms with Crippen molar-refractivity contribution in [1.29, 1.82) is 0 Å². The van der Waals surface area contributed by atoms with E-state index in [2.05, 4.69) is 25.4 Å². The maximum atomic E-state index is 14.1. The van der Waals surface area contributed by atoms with Crippen LogP contribution in [0.15, 0.2) is 66.3 Å². The van der Waals surface area contributed by atoms with Crippen molar-refractivity contribution in [1.82, 2.24) is 25.4 Å². The largest absolute Gasteiger partial charge is 0.372 e. The molecule has 2 aliphatic rings. The first-order valence-corrected chi connectivity index (χ1v) is 11.3. The summed E-state index contributed by atoms with van der Waals surface area (Å²) >= 11 is 0. The third-order valence-corrected chi connectivity index (χ3v) is 6.18. The van der Waals surface area contributed by atoms with Crippen LogP contribution >= 0.6 is 0 Å². The van der Waals surface area contributed by atoms with Crippen molar-refractivity contribution in [3.8, 4) is 11.3 Å². The monoisotopic (exact) mass is 443 g/mol. The minimum Gasteiger partial charge on any atom is -0.372 e. The lowest BCUT2D eigenvalue weighted by molar-refractivity contribution is -0.117. The van der Waals surface area contributed by atoms with Crippen molar-refractivity contribution in [3.63, 3.8) is 0 Å². The first-order valence-electron chi connectivity index (χ1n) is 11.3. The Morgan fingerprint density at radius 1 is 1.09 bits per heavy atom. The Morgan fingerprint density at radius 3 is 2.79 bits per heavy atom. The van der Waals surface area contributed by atoms with Crippen LogP contribution in [0.5, 0.6) is 0 Å². The molecule has 0 fully saturated rings. The Labute approximate surface area is 192 Å². The lowest BCUT2D eigenvalue weighted by Gasteiger charge is -2.21. The summed E-state index contributed by atoms with van der Waals surface area (Å²) in [7, 11) is 0. The number of benzene rings is 1. The van der Waals surface area contributed by atoms with Gasteiger partial charge in [-0.1, -0.05) is 18.2 Å². The van der Waals surface area contributed by atoms with E-state index in [1.54, 1.807) is 18.5 Å². The van der Waals surface area contributed by atoms with Crippen LogP contribution in [0.3, 0.4) is 0 Å². The zero-order chi connectivity index (χ0) is 22.6. The highest BCUT2D eigenvalue weighted by molar-refractivity contribution is 6.00. The first-order chi connectivity index (χ1) is 16.2. The second kappa shape index (κ2) is 9.40. The van der Waals surface area contributed by atoms with E-state index < -0.39 is 0 Å². The van der Waals surface area contributed by atoms with Gasteiger partial charge in [-0.3, -0.25) is 14.9 Å². The van der Waals surface area contributed by atoms with E-state index >= 15 is 0 Å². The molecule has 1 aliphatic carbocycles. The number of rotatable bonds is 5. The average molecular weight is 444 g/mol. The molecule has 0 spiro atoms. The zero-order valence-corrected chi connectivity index (χ0v) is 18.4. The summed E-state index contributed by atoms with van der Waals surface area (Å²) in [5.41, 5.74) is 6.09. The fourth-order valence-electron chi connectivity index (χ4n) is 4.42. The summed E-state index contributed by atoms with van der Waals surface area (Å²) in [4.78, 5) is 19.3. The van der Waals surface area contributed by atoms with Crippen LogP contribution < -0.4 is 5.32 Å². The van der Waals surface area contributed by atoms with Gasteiger partial charge in [-0.2, -0.15) is 5.10 Å². The Morgan fingerprint density at radius 2 is 1.94 bits per heavy atom. The summed E-state index contributed by atoms with van der Waals surface area (Å²) in [6.07, 6.45) is 11.6. The van der Waals surface area contributed by atoms with Crippen molar-refractivity contribution >= 4 is 12.0 Å². The SMILES string of the molecule is O=C(NC1=CN(Cc2ccccc2F)CCCC1)C1=Cc2c(-c3ccncc3)n[nH]c2CC1. The Balaban J connectivity index is 1.33. The standard InChI is InChI=1S/C26H26FN5O/c27-23-7-2-1-5-20(23)16-32-14-4-3-6-21(17-32)29-26(33)19-8-9-24-22(15-19)25(31-30-24)18-10-12-28-13-11-18/h1-2,5,7,10-13,15,17H,3-4,6,8-9,14,16H2,(H,29,33)(H,30,31). The Hall–Kier alpha value is -3.74. The minimum atomic E-state index is -0.200. The predicted molar refractivity (Wildman–Crippen MR) is 125 cm³/mol. The van der Waals surface area contributed by atoms with E-state index in [9.17, 15) is 9.18 Å². The maximum Gasteiger partial charge on any atom is 0.251 e. The smallest absolute Gasteiger partial charge is 0.251 e. The van der Waals surface area contributed by atoms with E-state index in [1.165, 1.54) is 6.07 Å². The molecule has 33 heavy (non-hydrogen) atoms. The number of halogens is 1. The fourth-order valence-corrected chi connectivity index (χ4v) is 4.42. The maximum absolute atomic E-state index is 14.1. The lowest BCUT2D eigenvalue weighted by Crippen LogP contribution is -2.27. The van der Waals surface area contributed by atoms with Gasteiger partial charge in [0.05, 0.1) is 5.69 Å². The second-order valence-corrected chi connectivity index (χ2v) is 8.50. The Kier molecular flexibility index (Phi) is 6.02. The van der Waals surface area contributed by atoms with Crippen molar-refractivity contribution < 1.29 is 9.18 Å². The number of allylic oxidation sites excluding steroid dienone is 1. The quantitative estimate of drug-likeness (QED) is 0.605. The molecule has 0 atom stereocenters. The Bertz CT molecular complexity index is 1210. The van der Waals surface area contributed by atoms with Crippen molar-refractivity contribution in [2.45, 2.75) is 38.6 Å². The molecule has 0 saturated carbocycles. The van der Waals surface area contributed by atoms with Crippen LogP contribution in [0.4, 0.5) is 4.39 Å². The number of carbonyl (C=O) groups is 1. The van der Waals surface area contributed by atoms with E-state index in [0.29, 0.717) is 18.5 Å². The molecule has 0 radical (unpaired) electrons. The molecule has 3 heterocycles. The number of nitrogens with zero attached hydrogens (tertiary/aromatic N) is 3. The first kappa shape index (κ1) is 21.1. The van der Waals surface area contributed by atoms with Gasteiger partial charge in [0.1, 0.15) is 5.82 Å². The third kappa shape index (κ3) is 4.72. The van der Waals surface area contributed by atoms with Gasteiger partial charge >= 0.3 is 0 Å². The molecule has 1 amide bonds. The number of aryl methyl sites for hydroxylation is 1. The highest BCUT2D eigenvalue weighted by Crippen LogP contribution is 2.31. The lowest BCUT2D eigenvalue weighted by atomic mass is 9.94. The molecule has 1 aliphatic heterocycles. The number of amides is 1. The summed E-state index contributed by atoms with van der Waals surface area (Å²) in [5, 5.41) is 10.7. The zero-order valence-electron chi connectivity index (χ0n) is 18.4. The van der Waals surface area contributed by atoms with Gasteiger partial charge in [-0.05, 0) is 56.4 Å². The molecule has 0 saturated heterocycles. The van der Waals surface area contributed by atoms with Crippen LogP contribution in [0.2, 0.25) is 0 Å². The van der Waals surface area contributed by atoms with E-state index in [0.717, 1.165) is 66.0 Å². The number of carbonyl (C=O) groups excluding carboxylic acids is 1. The van der Waals surface area contributed by atoms with Crippen LogP contribution in [-0.2, 0) is 17.8 Å². The average Bonchev–Trinajstić information content (AvgIpc) is 3.14. The summed E-state index contributed by atoms with van der Waals surface area (Å²) in [5.74, 6) is -0.282. The highest BCUT2D eigenvalue weighted by atomic mass is 19.1. The number of aromatic nitrogens is 3. The molecule has 1 aromatic carbocycles. The molecule has 6 nitrogen and oxygen atoms in total. The number of fused-ring (bicyclic) bond motifs is 1. The summed E-state index contributed by atoms with van der Waals surface area (Å²) in [6.45, 7) is 1.33. The third-order valence-electron chi connectivity index (χ3n) is 6.18. The molecule has 2 N–H and O–H groups in total. The molecule has 0 bridgehead atoms. The molecule has 168 valence electrons. The fraction of sp³-hybridized carbons (Fsp3) is 0.269. The van der Waals surface area contributed by atoms with Gasteiger partial charge < -0.3 is 10.2 Å². The van der Waals surface area contributed by atoms with Gasteiger partial charge in [0.15, 0.2) is 0 Å². The van der Waals surface area contributed by atoms with E-state index in [4.69, 9.17) is 0 Å². The van der Waals surface area contributed by atoms with E-state index in [1.807, 2.05) is 36.5 Å². The molecule has 7 heteroatoms. The van der Waals surface area contributed by atoms with Crippen LogP contribution in [0, 0.1) is 5.82 Å². The number of nitrogens with one attached hydrogen (secondary N) is 2. The molecule has 2 aromatic heterocycles. The van der Waals surface area contributed by atoms with Crippen LogP contribution in [0.25, 0.3) is 17.3 Å². The highest BCUT2D eigenvalue weighted by Gasteiger charge is 2.22. The topological polar surface area (TPSA) is 73.9 Å². The molecule has 5 rings (SSSR count). The van der Waals surface area contributed by atoms with Gasteiger partial charge in [0, 0.05) is 65.3 Å². The van der Waals surface area contributed by atoms with Crippen LogP contribution in [-0.4, -0.2) is 32.5 Å². The normalized spacial score (nSPS) is 15.8. The van der Waals surface area contributed by atoms with Gasteiger partial charge in [-0.25, -0.2) is 4.39 Å². The van der Waals surface area contributed by atoms with Crippen LogP contribution in [0.1, 0.15) is 42.5 Å². The van der Waals surface area contributed by atoms with Crippen molar-refractivity contribution in [2.75, 3.05) is 6.54 Å². The summed E-state index contributed by atoms with van der Waals surface area (Å²) < 4.78 is 14.1. The number of pyridine rings is 1. The summed E-state index contributed by atoms with van der Waals surface area (Å²) in [6, 6.07) is 10.7. The number of H-pyrrole nitrogens is 1. The number of hydrogen-bond donors (Lipinski definition) is 2. The van der Waals surface area contributed by atoms with Gasteiger partial charge in [0.25, 0.3) is 5.91 Å². The number of aromatic amines is 1. The van der Waals surface area contributed by atoms with Crippen molar-refractivity contribution in [2.24, 2.45) is 0 Å². The molecular weight excluding hydrogens is 417 g/mol. The predicted octanol–water partition coefficient (Wildman–Crippen LogP) is 4.58.